The lowest BCUT2D eigenvalue weighted by Crippen LogP contribution is -2.47. The summed E-state index contributed by atoms with van der Waals surface area (Å²) < 4.78 is 28.8. The first-order chi connectivity index (χ1) is 11.9. The van der Waals surface area contributed by atoms with E-state index in [0.717, 1.165) is 51.5 Å². The lowest BCUT2D eigenvalue weighted by Gasteiger charge is -2.30. The van der Waals surface area contributed by atoms with Crippen LogP contribution in [-0.2, 0) is 14.6 Å². The minimum absolute atomic E-state index is 0.177. The standard InChI is InChI=1S/C18H33N3O3S/c1-3-18(2)7-8-21(14-18)17(20-16-4-9-24-10-5-16)19-12-15-6-11-25(22,23)13-15/h15-16H,3-14H2,1-2H3,(H,19,20). The van der Waals surface area contributed by atoms with Crippen LogP contribution in [0.25, 0.3) is 0 Å². The number of sulfone groups is 1. The third-order valence-corrected chi connectivity index (χ3v) is 7.93. The van der Waals surface area contributed by atoms with Crippen LogP contribution < -0.4 is 5.32 Å². The zero-order valence-electron chi connectivity index (χ0n) is 15.7. The number of likely N-dealkylation sites (tertiary alicyclic amines) is 1. The van der Waals surface area contributed by atoms with E-state index in [9.17, 15) is 8.42 Å². The van der Waals surface area contributed by atoms with Crippen LogP contribution >= 0.6 is 0 Å². The summed E-state index contributed by atoms with van der Waals surface area (Å²) in [6.07, 6.45) is 5.14. The maximum Gasteiger partial charge on any atom is 0.194 e. The van der Waals surface area contributed by atoms with E-state index in [1.165, 1.54) is 12.8 Å². The minimum Gasteiger partial charge on any atom is -0.381 e. The number of hydrogen-bond donors (Lipinski definition) is 1. The quantitative estimate of drug-likeness (QED) is 0.601. The van der Waals surface area contributed by atoms with Gasteiger partial charge in [0.2, 0.25) is 0 Å². The van der Waals surface area contributed by atoms with Gasteiger partial charge in [0.1, 0.15) is 0 Å². The van der Waals surface area contributed by atoms with E-state index in [0.29, 0.717) is 29.5 Å². The second-order valence-corrected chi connectivity index (χ2v) is 10.5. The van der Waals surface area contributed by atoms with E-state index in [-0.39, 0.29) is 5.92 Å². The van der Waals surface area contributed by atoms with Crippen molar-refractivity contribution in [3.63, 3.8) is 0 Å². The van der Waals surface area contributed by atoms with Crippen molar-refractivity contribution in [1.29, 1.82) is 0 Å². The molecule has 3 aliphatic heterocycles. The van der Waals surface area contributed by atoms with Gasteiger partial charge in [-0.2, -0.15) is 0 Å². The number of hydrogen-bond acceptors (Lipinski definition) is 4. The Bertz CT molecular complexity index is 586. The van der Waals surface area contributed by atoms with E-state index in [1.807, 2.05) is 0 Å². The Kier molecular flexibility index (Phi) is 5.93. The molecule has 0 aliphatic carbocycles. The highest BCUT2D eigenvalue weighted by molar-refractivity contribution is 7.91. The highest BCUT2D eigenvalue weighted by atomic mass is 32.2. The number of ether oxygens (including phenoxy) is 1. The molecule has 3 heterocycles. The summed E-state index contributed by atoms with van der Waals surface area (Å²) in [7, 11) is -2.83. The molecular formula is C18H33N3O3S. The molecule has 0 aromatic rings. The molecule has 2 unspecified atom stereocenters. The number of nitrogens with zero attached hydrogens (tertiary/aromatic N) is 2. The van der Waals surface area contributed by atoms with Gasteiger partial charge in [0.05, 0.1) is 11.5 Å². The highest BCUT2D eigenvalue weighted by Gasteiger charge is 2.35. The third-order valence-electron chi connectivity index (χ3n) is 6.09. The van der Waals surface area contributed by atoms with Crippen LogP contribution in [0.15, 0.2) is 4.99 Å². The number of aliphatic imine (C=N–C) groups is 1. The number of rotatable bonds is 4. The Morgan fingerprint density at radius 3 is 2.68 bits per heavy atom. The maximum atomic E-state index is 11.7. The molecule has 3 aliphatic rings. The normalized spacial score (nSPS) is 33.8. The lowest BCUT2D eigenvalue weighted by molar-refractivity contribution is 0.0816. The van der Waals surface area contributed by atoms with Crippen molar-refractivity contribution in [3.8, 4) is 0 Å². The average Bonchev–Trinajstić information content (AvgIpc) is 3.15. The van der Waals surface area contributed by atoms with Gasteiger partial charge in [-0.3, -0.25) is 4.99 Å². The summed E-state index contributed by atoms with van der Waals surface area (Å²) in [6, 6.07) is 0.410. The third kappa shape index (κ3) is 5.09. The van der Waals surface area contributed by atoms with Crippen LogP contribution in [0.3, 0.4) is 0 Å². The number of guanidine groups is 1. The van der Waals surface area contributed by atoms with Crippen molar-refractivity contribution in [2.45, 2.75) is 52.0 Å². The first-order valence-electron chi connectivity index (χ1n) is 9.73. The molecule has 1 N–H and O–H groups in total. The van der Waals surface area contributed by atoms with Gasteiger partial charge in [-0.1, -0.05) is 13.8 Å². The molecule has 6 nitrogen and oxygen atoms in total. The van der Waals surface area contributed by atoms with E-state index in [1.54, 1.807) is 0 Å². The molecule has 0 saturated carbocycles. The summed E-state index contributed by atoms with van der Waals surface area (Å²) in [5, 5.41) is 3.65. The van der Waals surface area contributed by atoms with Crippen molar-refractivity contribution in [1.82, 2.24) is 10.2 Å². The van der Waals surface area contributed by atoms with Crippen LogP contribution in [-0.4, -0.2) is 69.7 Å². The van der Waals surface area contributed by atoms with Gasteiger partial charge >= 0.3 is 0 Å². The zero-order chi connectivity index (χ0) is 17.9. The van der Waals surface area contributed by atoms with E-state index in [2.05, 4.69) is 24.1 Å². The molecular weight excluding hydrogens is 338 g/mol. The van der Waals surface area contributed by atoms with E-state index >= 15 is 0 Å². The lowest BCUT2D eigenvalue weighted by atomic mass is 9.87. The Labute approximate surface area is 152 Å². The van der Waals surface area contributed by atoms with Crippen LogP contribution in [0.2, 0.25) is 0 Å². The van der Waals surface area contributed by atoms with Crippen molar-refractivity contribution >= 4 is 15.8 Å². The van der Waals surface area contributed by atoms with Gasteiger partial charge in [0.25, 0.3) is 0 Å². The molecule has 144 valence electrons. The van der Waals surface area contributed by atoms with Gasteiger partial charge in [-0.25, -0.2) is 8.42 Å². The smallest absolute Gasteiger partial charge is 0.194 e. The number of nitrogens with one attached hydrogen (secondary N) is 1. The monoisotopic (exact) mass is 371 g/mol. The molecule has 0 aromatic heterocycles. The van der Waals surface area contributed by atoms with Gasteiger partial charge in [0.15, 0.2) is 15.8 Å². The fourth-order valence-corrected chi connectivity index (χ4v) is 5.84. The molecule has 0 aromatic carbocycles. The molecule has 7 heteroatoms. The van der Waals surface area contributed by atoms with Gasteiger partial charge < -0.3 is 15.0 Å². The van der Waals surface area contributed by atoms with E-state index < -0.39 is 9.84 Å². The fourth-order valence-electron chi connectivity index (χ4n) is 3.99. The SMILES string of the molecule is CCC1(C)CCN(C(=NCC2CCS(=O)(=O)C2)NC2CCOCC2)C1. The molecule has 0 radical (unpaired) electrons. The molecule has 0 bridgehead atoms. The summed E-state index contributed by atoms with van der Waals surface area (Å²) in [6.45, 7) is 8.89. The average molecular weight is 372 g/mol. The summed E-state index contributed by atoms with van der Waals surface area (Å²) in [5.41, 5.74) is 0.356. The molecule has 0 spiro atoms. The zero-order valence-corrected chi connectivity index (χ0v) is 16.5. The van der Waals surface area contributed by atoms with Gasteiger partial charge in [-0.15, -0.1) is 0 Å². The van der Waals surface area contributed by atoms with E-state index in [4.69, 9.17) is 9.73 Å². The van der Waals surface area contributed by atoms with Crippen molar-refractivity contribution in [3.05, 3.63) is 0 Å². The Morgan fingerprint density at radius 1 is 1.32 bits per heavy atom. The van der Waals surface area contributed by atoms with Crippen LogP contribution in [0.5, 0.6) is 0 Å². The molecule has 3 rings (SSSR count). The van der Waals surface area contributed by atoms with Crippen molar-refractivity contribution in [2.75, 3.05) is 44.4 Å². The predicted octanol–water partition coefficient (Wildman–Crippen LogP) is 1.67. The molecule has 3 saturated heterocycles. The Morgan fingerprint density at radius 2 is 2.08 bits per heavy atom. The second-order valence-electron chi connectivity index (χ2n) is 8.30. The summed E-state index contributed by atoms with van der Waals surface area (Å²) in [5.74, 6) is 1.78. The highest BCUT2D eigenvalue weighted by Crippen LogP contribution is 2.33. The van der Waals surface area contributed by atoms with Crippen LogP contribution in [0.4, 0.5) is 0 Å². The minimum atomic E-state index is -2.83. The molecule has 2 atom stereocenters. The molecule has 25 heavy (non-hydrogen) atoms. The maximum absolute atomic E-state index is 11.7. The Hall–Kier alpha value is -0.820. The Balaban J connectivity index is 1.66. The summed E-state index contributed by atoms with van der Waals surface area (Å²) >= 11 is 0. The van der Waals surface area contributed by atoms with Crippen LogP contribution in [0.1, 0.15) is 46.0 Å². The summed E-state index contributed by atoms with van der Waals surface area (Å²) in [4.78, 5) is 7.25. The molecule has 0 amide bonds. The van der Waals surface area contributed by atoms with Crippen molar-refractivity contribution < 1.29 is 13.2 Å². The van der Waals surface area contributed by atoms with Crippen molar-refractivity contribution in [2.24, 2.45) is 16.3 Å². The molecule has 3 fully saturated rings. The first-order valence-corrected chi connectivity index (χ1v) is 11.6. The fraction of sp³-hybridized carbons (Fsp3) is 0.944. The van der Waals surface area contributed by atoms with Gasteiger partial charge in [-0.05, 0) is 43.4 Å². The topological polar surface area (TPSA) is 71.0 Å². The van der Waals surface area contributed by atoms with Gasteiger partial charge in [0, 0.05) is 38.9 Å². The second kappa shape index (κ2) is 7.82. The van der Waals surface area contributed by atoms with Crippen LogP contribution in [0, 0.1) is 11.3 Å². The largest absolute Gasteiger partial charge is 0.381 e. The first kappa shape index (κ1) is 19.0. The predicted molar refractivity (Wildman–Crippen MR) is 101 cm³/mol.